The summed E-state index contributed by atoms with van der Waals surface area (Å²) in [6.07, 6.45) is 5.08. The van der Waals surface area contributed by atoms with E-state index in [4.69, 9.17) is 10.2 Å². The molecule has 0 aliphatic heterocycles. The molecule has 0 aromatic carbocycles. The molecular formula is C12H22N4O. The van der Waals surface area contributed by atoms with Gasteiger partial charge in [-0.1, -0.05) is 12.8 Å². The molecule has 1 heterocycles. The second-order valence-corrected chi connectivity index (χ2v) is 4.98. The van der Waals surface area contributed by atoms with Crippen molar-refractivity contribution in [1.82, 2.24) is 15.1 Å². The van der Waals surface area contributed by atoms with Gasteiger partial charge in [-0.25, -0.2) is 0 Å². The summed E-state index contributed by atoms with van der Waals surface area (Å²) < 4.78 is 5.42. The molecule has 2 unspecified atom stereocenters. The van der Waals surface area contributed by atoms with E-state index >= 15 is 0 Å². The Morgan fingerprint density at radius 3 is 2.76 bits per heavy atom. The minimum Gasteiger partial charge on any atom is -0.424 e. The summed E-state index contributed by atoms with van der Waals surface area (Å²) in [5.41, 5.74) is 5.85. The molecule has 1 aliphatic carbocycles. The van der Waals surface area contributed by atoms with Gasteiger partial charge < -0.3 is 10.2 Å². The first kappa shape index (κ1) is 12.5. The van der Waals surface area contributed by atoms with Crippen molar-refractivity contribution >= 4 is 0 Å². The standard InChI is InChI=1S/C12H22N4O/c1-9-14-15-12(17-9)8-16(2)11-6-4-3-5-10(11)7-13/h10-11H,3-8,13H2,1-2H3. The first-order valence-corrected chi connectivity index (χ1v) is 6.40. The molecule has 0 saturated heterocycles. The number of hydrogen-bond donors (Lipinski definition) is 1. The molecule has 2 N–H and O–H groups in total. The van der Waals surface area contributed by atoms with Crippen molar-refractivity contribution in [3.63, 3.8) is 0 Å². The van der Waals surface area contributed by atoms with Gasteiger partial charge >= 0.3 is 0 Å². The van der Waals surface area contributed by atoms with Crippen LogP contribution in [0.5, 0.6) is 0 Å². The predicted octanol–water partition coefficient (Wildman–Crippen LogP) is 1.33. The minimum absolute atomic E-state index is 0.556. The quantitative estimate of drug-likeness (QED) is 0.857. The summed E-state index contributed by atoms with van der Waals surface area (Å²) in [6.45, 7) is 3.32. The average Bonchev–Trinajstić information content (AvgIpc) is 2.74. The van der Waals surface area contributed by atoms with E-state index in [1.54, 1.807) is 0 Å². The van der Waals surface area contributed by atoms with Crippen LogP contribution in [0.3, 0.4) is 0 Å². The van der Waals surface area contributed by atoms with Crippen LogP contribution in [-0.4, -0.2) is 34.7 Å². The minimum atomic E-state index is 0.556. The molecule has 0 bridgehead atoms. The molecule has 0 radical (unpaired) electrons. The first-order chi connectivity index (χ1) is 8.20. The van der Waals surface area contributed by atoms with Gasteiger partial charge in [0.1, 0.15) is 0 Å². The molecule has 1 saturated carbocycles. The lowest BCUT2D eigenvalue weighted by molar-refractivity contribution is 0.118. The van der Waals surface area contributed by atoms with Crippen molar-refractivity contribution < 1.29 is 4.42 Å². The van der Waals surface area contributed by atoms with Crippen LogP contribution in [0.1, 0.15) is 37.5 Å². The van der Waals surface area contributed by atoms with E-state index in [-0.39, 0.29) is 0 Å². The topological polar surface area (TPSA) is 68.2 Å². The fourth-order valence-electron chi connectivity index (χ4n) is 2.78. The third kappa shape index (κ3) is 3.04. The zero-order valence-electron chi connectivity index (χ0n) is 10.7. The molecule has 0 amide bonds. The molecular weight excluding hydrogens is 216 g/mol. The van der Waals surface area contributed by atoms with E-state index < -0.39 is 0 Å². The maximum atomic E-state index is 5.85. The molecule has 1 aromatic rings. The Morgan fingerprint density at radius 2 is 2.12 bits per heavy atom. The van der Waals surface area contributed by atoms with Crippen LogP contribution in [-0.2, 0) is 6.54 Å². The van der Waals surface area contributed by atoms with Crippen molar-refractivity contribution in [2.75, 3.05) is 13.6 Å². The summed E-state index contributed by atoms with van der Waals surface area (Å²) in [7, 11) is 2.12. The van der Waals surface area contributed by atoms with Crippen LogP contribution in [0.4, 0.5) is 0 Å². The van der Waals surface area contributed by atoms with Crippen LogP contribution in [0, 0.1) is 12.8 Å². The summed E-state index contributed by atoms with van der Waals surface area (Å²) in [5, 5.41) is 7.90. The lowest BCUT2D eigenvalue weighted by Gasteiger charge is -2.36. The summed E-state index contributed by atoms with van der Waals surface area (Å²) in [5.74, 6) is 1.94. The molecule has 1 aromatic heterocycles. The van der Waals surface area contributed by atoms with Gasteiger partial charge in [0, 0.05) is 13.0 Å². The SMILES string of the molecule is Cc1nnc(CN(C)C2CCCCC2CN)o1. The number of aromatic nitrogens is 2. The largest absolute Gasteiger partial charge is 0.424 e. The van der Waals surface area contributed by atoms with Gasteiger partial charge in [0.2, 0.25) is 11.8 Å². The third-order valence-corrected chi connectivity index (χ3v) is 3.69. The Labute approximate surface area is 102 Å². The van der Waals surface area contributed by atoms with Gasteiger partial charge in [0.15, 0.2) is 0 Å². The fraction of sp³-hybridized carbons (Fsp3) is 0.833. The number of aryl methyl sites for hydroxylation is 1. The number of rotatable bonds is 4. The second kappa shape index (κ2) is 5.60. The monoisotopic (exact) mass is 238 g/mol. The number of nitrogens with zero attached hydrogens (tertiary/aromatic N) is 3. The Kier molecular flexibility index (Phi) is 4.12. The van der Waals surface area contributed by atoms with E-state index in [1.807, 2.05) is 6.92 Å². The van der Waals surface area contributed by atoms with E-state index in [0.717, 1.165) is 13.1 Å². The lowest BCUT2D eigenvalue weighted by Crippen LogP contribution is -2.42. The van der Waals surface area contributed by atoms with Gasteiger partial charge in [0.05, 0.1) is 6.54 Å². The molecule has 1 aliphatic rings. The number of nitrogens with two attached hydrogens (primary N) is 1. The molecule has 1 fully saturated rings. The van der Waals surface area contributed by atoms with Crippen LogP contribution in [0.2, 0.25) is 0 Å². The van der Waals surface area contributed by atoms with Crippen LogP contribution in [0.15, 0.2) is 4.42 Å². The van der Waals surface area contributed by atoms with Crippen LogP contribution in [0.25, 0.3) is 0 Å². The highest BCUT2D eigenvalue weighted by Gasteiger charge is 2.27. The summed E-state index contributed by atoms with van der Waals surface area (Å²) in [4.78, 5) is 2.31. The van der Waals surface area contributed by atoms with E-state index in [1.165, 1.54) is 25.7 Å². The molecule has 5 heteroatoms. The van der Waals surface area contributed by atoms with Crippen molar-refractivity contribution in [3.8, 4) is 0 Å². The smallest absolute Gasteiger partial charge is 0.230 e. The zero-order valence-corrected chi connectivity index (χ0v) is 10.7. The maximum absolute atomic E-state index is 5.85. The Balaban J connectivity index is 1.95. The molecule has 0 spiro atoms. The highest BCUT2D eigenvalue weighted by Crippen LogP contribution is 2.27. The van der Waals surface area contributed by atoms with E-state index in [0.29, 0.717) is 23.7 Å². The highest BCUT2D eigenvalue weighted by molar-refractivity contribution is 4.86. The predicted molar refractivity (Wildman–Crippen MR) is 65.3 cm³/mol. The third-order valence-electron chi connectivity index (χ3n) is 3.69. The van der Waals surface area contributed by atoms with Crippen molar-refractivity contribution in [3.05, 3.63) is 11.8 Å². The molecule has 2 atom stereocenters. The van der Waals surface area contributed by atoms with Crippen molar-refractivity contribution in [2.24, 2.45) is 11.7 Å². The molecule has 96 valence electrons. The summed E-state index contributed by atoms with van der Waals surface area (Å²) >= 11 is 0. The first-order valence-electron chi connectivity index (χ1n) is 6.40. The Hall–Kier alpha value is -0.940. The van der Waals surface area contributed by atoms with Crippen molar-refractivity contribution in [2.45, 2.75) is 45.2 Å². The molecule has 2 rings (SSSR count). The van der Waals surface area contributed by atoms with Crippen LogP contribution >= 0.6 is 0 Å². The summed E-state index contributed by atoms with van der Waals surface area (Å²) in [6, 6.07) is 0.556. The fourth-order valence-corrected chi connectivity index (χ4v) is 2.78. The van der Waals surface area contributed by atoms with Gasteiger partial charge in [-0.15, -0.1) is 10.2 Å². The number of hydrogen-bond acceptors (Lipinski definition) is 5. The van der Waals surface area contributed by atoms with Crippen LogP contribution < -0.4 is 5.73 Å². The molecule has 17 heavy (non-hydrogen) atoms. The highest BCUT2D eigenvalue weighted by atomic mass is 16.4. The average molecular weight is 238 g/mol. The van der Waals surface area contributed by atoms with Crippen molar-refractivity contribution in [1.29, 1.82) is 0 Å². The van der Waals surface area contributed by atoms with E-state index in [2.05, 4.69) is 22.1 Å². The molecule has 5 nitrogen and oxygen atoms in total. The van der Waals surface area contributed by atoms with E-state index in [9.17, 15) is 0 Å². The Morgan fingerprint density at radius 1 is 1.35 bits per heavy atom. The van der Waals surface area contributed by atoms with Gasteiger partial charge in [-0.2, -0.15) is 0 Å². The second-order valence-electron chi connectivity index (χ2n) is 4.98. The zero-order chi connectivity index (χ0) is 12.3. The lowest BCUT2D eigenvalue weighted by atomic mass is 9.84. The van der Waals surface area contributed by atoms with Gasteiger partial charge in [-0.3, -0.25) is 4.90 Å². The Bertz CT molecular complexity index is 352. The van der Waals surface area contributed by atoms with Gasteiger partial charge in [0.25, 0.3) is 0 Å². The normalized spacial score (nSPS) is 25.4. The maximum Gasteiger partial charge on any atom is 0.230 e. The van der Waals surface area contributed by atoms with Gasteiger partial charge in [-0.05, 0) is 32.4 Å².